The van der Waals surface area contributed by atoms with Gasteiger partial charge in [-0.25, -0.2) is 0 Å². The summed E-state index contributed by atoms with van der Waals surface area (Å²) in [5, 5.41) is 12.6. The molecule has 1 amide bonds. The van der Waals surface area contributed by atoms with Crippen LogP contribution in [0.4, 0.5) is 5.69 Å². The summed E-state index contributed by atoms with van der Waals surface area (Å²) >= 11 is 0. The van der Waals surface area contributed by atoms with E-state index >= 15 is 0 Å². The molecule has 1 aromatic carbocycles. The predicted octanol–water partition coefficient (Wildman–Crippen LogP) is 2.21. The van der Waals surface area contributed by atoms with Crippen LogP contribution in [-0.2, 0) is 4.79 Å². The molecule has 1 unspecified atom stereocenters. The van der Waals surface area contributed by atoms with Crippen LogP contribution in [0, 0.1) is 0 Å². The van der Waals surface area contributed by atoms with Gasteiger partial charge in [0.15, 0.2) is 0 Å². The Hall–Kier alpha value is -1.39. The number of carbonyl (C=O) groups excluding carboxylic acids is 1. The van der Waals surface area contributed by atoms with Crippen molar-refractivity contribution in [1.82, 2.24) is 4.90 Å². The Morgan fingerprint density at radius 2 is 2.20 bits per heavy atom. The summed E-state index contributed by atoms with van der Waals surface area (Å²) in [6.45, 7) is 6.07. The molecule has 0 bridgehead atoms. The summed E-state index contributed by atoms with van der Waals surface area (Å²) in [5.41, 5.74) is 2.05. The first-order valence-electron chi connectivity index (χ1n) is 7.35. The van der Waals surface area contributed by atoms with Crippen LogP contribution in [0.1, 0.15) is 38.2 Å². The Morgan fingerprint density at radius 1 is 1.45 bits per heavy atom. The van der Waals surface area contributed by atoms with E-state index in [2.05, 4.69) is 19.2 Å². The molecule has 0 aliphatic carbocycles. The number of para-hydroxylation sites is 1. The molecule has 110 valence electrons. The Bertz CT molecular complexity index is 460. The van der Waals surface area contributed by atoms with Crippen LogP contribution in [0.3, 0.4) is 0 Å². The standard InChI is InChI=1S/C16H24N2O2/c1-12(2)14-7-3-4-8-15(14)17-16(20)11-18-9-5-6-13(19)10-18/h3-4,7-8,12-13,19H,5-6,9-11H2,1-2H3,(H,17,20). The number of rotatable bonds is 4. The first-order valence-corrected chi connectivity index (χ1v) is 7.35. The number of nitrogens with zero attached hydrogens (tertiary/aromatic N) is 1. The van der Waals surface area contributed by atoms with Gasteiger partial charge in [0.1, 0.15) is 0 Å². The Balaban J connectivity index is 1.94. The number of benzene rings is 1. The molecular formula is C16H24N2O2. The fourth-order valence-electron chi connectivity index (χ4n) is 2.68. The number of piperidine rings is 1. The van der Waals surface area contributed by atoms with E-state index in [0.29, 0.717) is 19.0 Å². The van der Waals surface area contributed by atoms with E-state index in [1.165, 1.54) is 0 Å². The van der Waals surface area contributed by atoms with E-state index in [-0.39, 0.29) is 12.0 Å². The molecule has 1 heterocycles. The molecule has 2 N–H and O–H groups in total. The van der Waals surface area contributed by atoms with E-state index in [0.717, 1.165) is 30.6 Å². The topological polar surface area (TPSA) is 52.6 Å². The highest BCUT2D eigenvalue weighted by molar-refractivity contribution is 5.93. The second-order valence-electron chi connectivity index (χ2n) is 5.82. The van der Waals surface area contributed by atoms with Gasteiger partial charge in [-0.15, -0.1) is 0 Å². The zero-order valence-electron chi connectivity index (χ0n) is 12.3. The molecule has 4 heteroatoms. The van der Waals surface area contributed by atoms with Gasteiger partial charge in [-0.1, -0.05) is 32.0 Å². The minimum atomic E-state index is -0.292. The summed E-state index contributed by atoms with van der Waals surface area (Å²) in [7, 11) is 0. The van der Waals surface area contributed by atoms with Gasteiger partial charge in [-0.2, -0.15) is 0 Å². The van der Waals surface area contributed by atoms with E-state index in [9.17, 15) is 9.90 Å². The molecule has 1 aromatic rings. The molecule has 2 rings (SSSR count). The van der Waals surface area contributed by atoms with Crippen molar-refractivity contribution in [2.45, 2.75) is 38.7 Å². The van der Waals surface area contributed by atoms with Crippen LogP contribution in [0.5, 0.6) is 0 Å². The maximum atomic E-state index is 12.1. The molecule has 0 radical (unpaired) electrons. The number of nitrogens with one attached hydrogen (secondary N) is 1. The molecule has 1 atom stereocenters. The second kappa shape index (κ2) is 6.86. The summed E-state index contributed by atoms with van der Waals surface area (Å²) in [6, 6.07) is 7.92. The largest absolute Gasteiger partial charge is 0.392 e. The fourth-order valence-corrected chi connectivity index (χ4v) is 2.68. The lowest BCUT2D eigenvalue weighted by molar-refractivity contribution is -0.118. The Kier molecular flexibility index (Phi) is 5.15. The van der Waals surface area contributed by atoms with Crippen LogP contribution in [0.25, 0.3) is 0 Å². The zero-order chi connectivity index (χ0) is 14.5. The predicted molar refractivity (Wildman–Crippen MR) is 80.8 cm³/mol. The highest BCUT2D eigenvalue weighted by atomic mass is 16.3. The molecular weight excluding hydrogens is 252 g/mol. The highest BCUT2D eigenvalue weighted by Crippen LogP contribution is 2.23. The number of aliphatic hydroxyl groups excluding tert-OH is 1. The summed E-state index contributed by atoms with van der Waals surface area (Å²) in [5.74, 6) is 0.371. The monoisotopic (exact) mass is 276 g/mol. The molecule has 0 aromatic heterocycles. The van der Waals surface area contributed by atoms with Gasteiger partial charge in [0.25, 0.3) is 0 Å². The van der Waals surface area contributed by atoms with Gasteiger partial charge in [-0.05, 0) is 36.9 Å². The number of aliphatic hydroxyl groups is 1. The van der Waals surface area contributed by atoms with E-state index in [4.69, 9.17) is 0 Å². The SMILES string of the molecule is CC(C)c1ccccc1NC(=O)CN1CCCC(O)C1. The molecule has 1 aliphatic heterocycles. The minimum Gasteiger partial charge on any atom is -0.392 e. The lowest BCUT2D eigenvalue weighted by Crippen LogP contribution is -2.42. The molecule has 1 saturated heterocycles. The third-order valence-corrected chi connectivity index (χ3v) is 3.70. The van der Waals surface area contributed by atoms with Crippen molar-refractivity contribution in [2.24, 2.45) is 0 Å². The number of hydrogen-bond donors (Lipinski definition) is 2. The van der Waals surface area contributed by atoms with E-state index < -0.39 is 0 Å². The van der Waals surface area contributed by atoms with Crippen molar-refractivity contribution >= 4 is 11.6 Å². The van der Waals surface area contributed by atoms with E-state index in [1.807, 2.05) is 29.2 Å². The fraction of sp³-hybridized carbons (Fsp3) is 0.562. The summed E-state index contributed by atoms with van der Waals surface area (Å²) in [4.78, 5) is 14.1. The molecule has 0 spiro atoms. The third kappa shape index (κ3) is 4.05. The quantitative estimate of drug-likeness (QED) is 0.886. The van der Waals surface area contributed by atoms with Gasteiger partial charge in [-0.3, -0.25) is 9.69 Å². The van der Waals surface area contributed by atoms with Crippen LogP contribution in [0.15, 0.2) is 24.3 Å². The van der Waals surface area contributed by atoms with Gasteiger partial charge in [0.2, 0.25) is 5.91 Å². The van der Waals surface area contributed by atoms with Crippen molar-refractivity contribution in [3.05, 3.63) is 29.8 Å². The van der Waals surface area contributed by atoms with Crippen molar-refractivity contribution in [3.63, 3.8) is 0 Å². The van der Waals surface area contributed by atoms with Crippen LogP contribution >= 0.6 is 0 Å². The molecule has 20 heavy (non-hydrogen) atoms. The molecule has 0 saturated carbocycles. The van der Waals surface area contributed by atoms with Gasteiger partial charge in [0, 0.05) is 12.2 Å². The molecule has 1 aliphatic rings. The van der Waals surface area contributed by atoms with E-state index in [1.54, 1.807) is 0 Å². The summed E-state index contributed by atoms with van der Waals surface area (Å²) < 4.78 is 0. The number of hydrogen-bond acceptors (Lipinski definition) is 3. The maximum absolute atomic E-state index is 12.1. The number of anilines is 1. The van der Waals surface area contributed by atoms with Gasteiger partial charge < -0.3 is 10.4 Å². The van der Waals surface area contributed by atoms with Crippen LogP contribution in [0.2, 0.25) is 0 Å². The number of carbonyl (C=O) groups is 1. The number of amides is 1. The van der Waals surface area contributed by atoms with Crippen LogP contribution in [-0.4, -0.2) is 41.7 Å². The zero-order valence-corrected chi connectivity index (χ0v) is 12.3. The maximum Gasteiger partial charge on any atom is 0.238 e. The van der Waals surface area contributed by atoms with Crippen molar-refractivity contribution < 1.29 is 9.90 Å². The first-order chi connectivity index (χ1) is 9.56. The number of β-amino-alcohol motifs (C(OH)–C–C–N with tert-alkyl or cyclic N) is 1. The van der Waals surface area contributed by atoms with Crippen molar-refractivity contribution in [3.8, 4) is 0 Å². The van der Waals surface area contributed by atoms with Gasteiger partial charge >= 0.3 is 0 Å². The molecule has 4 nitrogen and oxygen atoms in total. The van der Waals surface area contributed by atoms with Crippen molar-refractivity contribution in [2.75, 3.05) is 25.0 Å². The average Bonchev–Trinajstić information content (AvgIpc) is 2.38. The Morgan fingerprint density at radius 3 is 2.90 bits per heavy atom. The molecule has 1 fully saturated rings. The van der Waals surface area contributed by atoms with Gasteiger partial charge in [0.05, 0.1) is 12.6 Å². The minimum absolute atomic E-state index is 0.00722. The highest BCUT2D eigenvalue weighted by Gasteiger charge is 2.20. The summed E-state index contributed by atoms with van der Waals surface area (Å²) in [6.07, 6.45) is 1.50. The lowest BCUT2D eigenvalue weighted by atomic mass is 10.0. The number of likely N-dealkylation sites (tertiary alicyclic amines) is 1. The second-order valence-corrected chi connectivity index (χ2v) is 5.82. The van der Waals surface area contributed by atoms with Crippen molar-refractivity contribution in [1.29, 1.82) is 0 Å². The van der Waals surface area contributed by atoms with Crippen LogP contribution < -0.4 is 5.32 Å². The normalized spacial score (nSPS) is 20.1. The smallest absolute Gasteiger partial charge is 0.238 e. The third-order valence-electron chi connectivity index (χ3n) is 3.70. The Labute approximate surface area is 120 Å². The lowest BCUT2D eigenvalue weighted by Gasteiger charge is -2.29. The first kappa shape index (κ1) is 15.0. The average molecular weight is 276 g/mol.